The van der Waals surface area contributed by atoms with Crippen LogP contribution in [-0.4, -0.2) is 24.1 Å². The number of aromatic nitrogens is 1. The van der Waals surface area contributed by atoms with Crippen molar-refractivity contribution in [2.24, 2.45) is 5.41 Å². The average Bonchev–Trinajstić information content (AvgIpc) is 2.76. The van der Waals surface area contributed by atoms with Crippen LogP contribution in [0.5, 0.6) is 0 Å². The van der Waals surface area contributed by atoms with E-state index in [1.807, 2.05) is 27.7 Å². The summed E-state index contributed by atoms with van der Waals surface area (Å²) in [5, 5.41) is 9.29. The highest BCUT2D eigenvalue weighted by Crippen LogP contribution is 2.45. The predicted octanol–water partition coefficient (Wildman–Crippen LogP) is 1.64. The number of aliphatic hydroxyl groups excluding tert-OH is 1. The van der Waals surface area contributed by atoms with Gasteiger partial charge in [-0.2, -0.15) is 0 Å². The first-order valence-corrected chi connectivity index (χ1v) is 7.99. The maximum absolute atomic E-state index is 12.3. The minimum absolute atomic E-state index is 0.0116. The number of hydrogen-bond acceptors (Lipinski definition) is 3. The summed E-state index contributed by atoms with van der Waals surface area (Å²) in [7, 11) is -3.50. The minimum atomic E-state index is -3.50. The Morgan fingerprint density at radius 2 is 2.11 bits per heavy atom. The molecule has 1 fully saturated rings. The highest BCUT2D eigenvalue weighted by molar-refractivity contribution is 7.89. The van der Waals surface area contributed by atoms with Crippen molar-refractivity contribution in [2.75, 3.05) is 0 Å². The molecule has 1 heterocycles. The number of nitrogens with zero attached hydrogens (tertiary/aromatic N) is 1. The van der Waals surface area contributed by atoms with Crippen molar-refractivity contribution in [3.63, 3.8) is 0 Å². The highest BCUT2D eigenvalue weighted by Gasteiger charge is 2.48. The molecule has 0 aliphatic heterocycles. The van der Waals surface area contributed by atoms with Crippen molar-refractivity contribution >= 4 is 10.0 Å². The maximum Gasteiger partial charge on any atom is 0.242 e. The van der Waals surface area contributed by atoms with E-state index in [4.69, 9.17) is 0 Å². The number of rotatable bonds is 5. The quantitative estimate of drug-likeness (QED) is 0.864. The molecule has 1 unspecified atom stereocenters. The fourth-order valence-corrected chi connectivity index (χ4v) is 3.63. The molecule has 0 aromatic carbocycles. The topological polar surface area (TPSA) is 71.3 Å². The number of sulfonamides is 1. The Balaban J connectivity index is 2.26. The first-order chi connectivity index (χ1) is 8.67. The van der Waals surface area contributed by atoms with Crippen LogP contribution in [0.4, 0.5) is 0 Å². The molecule has 2 rings (SSSR count). The van der Waals surface area contributed by atoms with Gasteiger partial charge >= 0.3 is 0 Å². The van der Waals surface area contributed by atoms with Crippen LogP contribution in [0.15, 0.2) is 17.2 Å². The van der Waals surface area contributed by atoms with Gasteiger partial charge in [0.15, 0.2) is 0 Å². The summed E-state index contributed by atoms with van der Waals surface area (Å²) >= 11 is 0. The van der Waals surface area contributed by atoms with E-state index in [9.17, 15) is 13.5 Å². The summed E-state index contributed by atoms with van der Waals surface area (Å²) in [6.07, 6.45) is 2.46. The zero-order valence-corrected chi connectivity index (χ0v) is 12.7. The van der Waals surface area contributed by atoms with Gasteiger partial charge in [0.25, 0.3) is 0 Å². The lowest BCUT2D eigenvalue weighted by molar-refractivity contribution is 0.268. The Morgan fingerprint density at radius 3 is 2.47 bits per heavy atom. The minimum Gasteiger partial charge on any atom is -0.390 e. The Morgan fingerprint density at radius 1 is 1.53 bits per heavy atom. The van der Waals surface area contributed by atoms with Crippen LogP contribution in [0.25, 0.3) is 0 Å². The Bertz CT molecular complexity index is 573. The zero-order valence-electron chi connectivity index (χ0n) is 11.8. The van der Waals surface area contributed by atoms with E-state index in [-0.39, 0.29) is 29.0 Å². The molecule has 1 aliphatic carbocycles. The third kappa shape index (κ3) is 2.85. The average molecular weight is 286 g/mol. The van der Waals surface area contributed by atoms with Gasteiger partial charge in [0, 0.05) is 24.0 Å². The molecule has 19 heavy (non-hydrogen) atoms. The van der Waals surface area contributed by atoms with Crippen molar-refractivity contribution in [1.29, 1.82) is 0 Å². The van der Waals surface area contributed by atoms with Crippen molar-refractivity contribution < 1.29 is 13.5 Å². The number of nitrogens with one attached hydrogen (secondary N) is 1. The summed E-state index contributed by atoms with van der Waals surface area (Å²) < 4.78 is 29.0. The molecule has 1 aliphatic rings. The van der Waals surface area contributed by atoms with E-state index in [0.717, 1.165) is 6.42 Å². The Labute approximate surface area is 114 Å². The molecule has 0 spiro atoms. The molecule has 0 radical (unpaired) electrons. The van der Waals surface area contributed by atoms with Crippen LogP contribution in [0.1, 0.15) is 45.9 Å². The molecule has 1 aromatic heterocycles. The highest BCUT2D eigenvalue weighted by atomic mass is 32.2. The molecule has 1 aromatic rings. The normalized spacial score (nSPS) is 21.9. The van der Waals surface area contributed by atoms with Crippen LogP contribution in [0, 0.1) is 5.41 Å². The lowest BCUT2D eigenvalue weighted by Gasteiger charge is -2.10. The smallest absolute Gasteiger partial charge is 0.242 e. The van der Waals surface area contributed by atoms with Crippen LogP contribution in [0.3, 0.4) is 0 Å². The van der Waals surface area contributed by atoms with E-state index < -0.39 is 10.0 Å². The van der Waals surface area contributed by atoms with Crippen molar-refractivity contribution in [1.82, 2.24) is 9.29 Å². The second-order valence-electron chi connectivity index (χ2n) is 6.19. The summed E-state index contributed by atoms with van der Waals surface area (Å²) in [4.78, 5) is 0.230. The predicted molar refractivity (Wildman–Crippen MR) is 73.2 cm³/mol. The molecule has 1 atom stereocenters. The van der Waals surface area contributed by atoms with Crippen LogP contribution < -0.4 is 4.72 Å². The molecular weight excluding hydrogens is 264 g/mol. The van der Waals surface area contributed by atoms with E-state index in [1.165, 1.54) is 6.07 Å². The third-order valence-electron chi connectivity index (χ3n) is 3.75. The summed E-state index contributed by atoms with van der Waals surface area (Å²) in [5.41, 5.74) is 0.665. The molecule has 1 saturated carbocycles. The van der Waals surface area contributed by atoms with Gasteiger partial charge in [0.05, 0.1) is 11.5 Å². The van der Waals surface area contributed by atoms with Crippen LogP contribution in [0.2, 0.25) is 0 Å². The number of aliphatic hydroxyl groups is 1. The zero-order chi connectivity index (χ0) is 14.4. The fourth-order valence-electron chi connectivity index (χ4n) is 2.17. The van der Waals surface area contributed by atoms with Gasteiger partial charge in [0.2, 0.25) is 10.0 Å². The van der Waals surface area contributed by atoms with Crippen molar-refractivity contribution in [2.45, 2.75) is 57.7 Å². The fraction of sp³-hybridized carbons (Fsp3) is 0.692. The van der Waals surface area contributed by atoms with E-state index in [0.29, 0.717) is 5.69 Å². The number of hydrogen-bond donors (Lipinski definition) is 2. The van der Waals surface area contributed by atoms with Gasteiger partial charge in [0.1, 0.15) is 0 Å². The molecule has 6 heteroatoms. The standard InChI is InChI=1S/C13H22N2O3S/c1-9(2)15-7-11(5-10(15)8-16)19(17,18)14-12-6-13(12,3)4/h5,7,9,12,14,16H,6,8H2,1-4H3. The Hall–Kier alpha value is -0.850. The molecular formula is C13H22N2O3S. The van der Waals surface area contributed by atoms with Gasteiger partial charge in [-0.1, -0.05) is 13.8 Å². The summed E-state index contributed by atoms with van der Waals surface area (Å²) in [5.74, 6) is 0. The van der Waals surface area contributed by atoms with Crippen molar-refractivity contribution in [3.8, 4) is 0 Å². The molecule has 0 amide bonds. The molecule has 2 N–H and O–H groups in total. The molecule has 5 nitrogen and oxygen atoms in total. The van der Waals surface area contributed by atoms with Crippen molar-refractivity contribution in [3.05, 3.63) is 18.0 Å². The third-order valence-corrected chi connectivity index (χ3v) is 5.18. The largest absolute Gasteiger partial charge is 0.390 e. The first kappa shape index (κ1) is 14.6. The molecule has 0 bridgehead atoms. The van der Waals surface area contributed by atoms with E-state index in [1.54, 1.807) is 10.8 Å². The van der Waals surface area contributed by atoms with Gasteiger partial charge in [-0.15, -0.1) is 0 Å². The van der Waals surface area contributed by atoms with Crippen LogP contribution in [-0.2, 0) is 16.6 Å². The van der Waals surface area contributed by atoms with Gasteiger partial charge in [-0.25, -0.2) is 13.1 Å². The monoisotopic (exact) mass is 286 g/mol. The summed E-state index contributed by atoms with van der Waals surface area (Å²) in [6, 6.07) is 1.67. The van der Waals surface area contributed by atoms with E-state index >= 15 is 0 Å². The Kier molecular flexibility index (Phi) is 3.53. The van der Waals surface area contributed by atoms with Gasteiger partial charge in [-0.3, -0.25) is 0 Å². The second-order valence-corrected chi connectivity index (χ2v) is 7.91. The van der Waals surface area contributed by atoms with Gasteiger partial charge in [-0.05, 0) is 31.7 Å². The molecule has 108 valence electrons. The SMILES string of the molecule is CC(C)n1cc(S(=O)(=O)NC2CC2(C)C)cc1CO. The maximum atomic E-state index is 12.3. The summed E-state index contributed by atoms with van der Waals surface area (Å²) in [6.45, 7) is 7.82. The van der Waals surface area contributed by atoms with Gasteiger partial charge < -0.3 is 9.67 Å². The lowest BCUT2D eigenvalue weighted by Crippen LogP contribution is -2.28. The second kappa shape index (κ2) is 4.61. The van der Waals surface area contributed by atoms with E-state index in [2.05, 4.69) is 4.72 Å². The van der Waals surface area contributed by atoms with Crippen LogP contribution >= 0.6 is 0 Å². The first-order valence-electron chi connectivity index (χ1n) is 6.51. The molecule has 0 saturated heterocycles. The lowest BCUT2D eigenvalue weighted by atomic mass is 10.2.